The van der Waals surface area contributed by atoms with Gasteiger partial charge in [0.15, 0.2) is 0 Å². The first kappa shape index (κ1) is 14.6. The van der Waals surface area contributed by atoms with Crippen LogP contribution in [0.4, 0.5) is 0 Å². The van der Waals surface area contributed by atoms with Gasteiger partial charge < -0.3 is 0 Å². The molecule has 0 aliphatic heterocycles. The summed E-state index contributed by atoms with van der Waals surface area (Å²) in [6.45, 7) is 4.96. The molecule has 0 radical (unpaired) electrons. The average Bonchev–Trinajstić information content (AvgIpc) is 3.10. The SMILES string of the molecule is CCn1cc(-c2ccc(C)nc2-c2ccc3cccnc3c2)cn1. The minimum atomic E-state index is 0.856. The summed E-state index contributed by atoms with van der Waals surface area (Å²) in [6, 6.07) is 14.5. The van der Waals surface area contributed by atoms with Crippen LogP contribution in [0.25, 0.3) is 33.3 Å². The first-order valence-electron chi connectivity index (χ1n) is 8.10. The molecule has 3 heterocycles. The Bertz CT molecular complexity index is 1020. The predicted octanol–water partition coefficient (Wildman–Crippen LogP) is 4.49. The predicted molar refractivity (Wildman–Crippen MR) is 96.6 cm³/mol. The fourth-order valence-electron chi connectivity index (χ4n) is 2.90. The van der Waals surface area contributed by atoms with Crippen LogP contribution in [0.5, 0.6) is 0 Å². The van der Waals surface area contributed by atoms with Crippen LogP contribution in [0.3, 0.4) is 0 Å². The largest absolute Gasteiger partial charge is 0.272 e. The van der Waals surface area contributed by atoms with Crippen molar-refractivity contribution in [3.63, 3.8) is 0 Å². The Kier molecular flexibility index (Phi) is 3.58. The molecule has 4 heteroatoms. The molecular formula is C20H18N4. The first-order valence-corrected chi connectivity index (χ1v) is 8.10. The highest BCUT2D eigenvalue weighted by Gasteiger charge is 2.12. The summed E-state index contributed by atoms with van der Waals surface area (Å²) in [4.78, 5) is 9.26. The molecule has 0 spiro atoms. The van der Waals surface area contributed by atoms with Gasteiger partial charge in [-0.15, -0.1) is 0 Å². The van der Waals surface area contributed by atoms with E-state index in [9.17, 15) is 0 Å². The van der Waals surface area contributed by atoms with Crippen molar-refractivity contribution in [2.45, 2.75) is 20.4 Å². The van der Waals surface area contributed by atoms with Crippen LogP contribution in [0.1, 0.15) is 12.6 Å². The van der Waals surface area contributed by atoms with Gasteiger partial charge in [-0.2, -0.15) is 5.10 Å². The van der Waals surface area contributed by atoms with Crippen molar-refractivity contribution in [3.05, 3.63) is 66.7 Å². The van der Waals surface area contributed by atoms with Crippen LogP contribution in [-0.2, 0) is 6.54 Å². The number of hydrogen-bond acceptors (Lipinski definition) is 3. The van der Waals surface area contributed by atoms with E-state index in [4.69, 9.17) is 4.98 Å². The van der Waals surface area contributed by atoms with Gasteiger partial charge in [0.25, 0.3) is 0 Å². The summed E-state index contributed by atoms with van der Waals surface area (Å²) in [7, 11) is 0. The van der Waals surface area contributed by atoms with Crippen LogP contribution in [0, 0.1) is 6.92 Å². The summed E-state index contributed by atoms with van der Waals surface area (Å²) in [5.74, 6) is 0. The van der Waals surface area contributed by atoms with Crippen molar-refractivity contribution in [2.75, 3.05) is 0 Å². The van der Waals surface area contributed by atoms with E-state index in [2.05, 4.69) is 53.5 Å². The molecule has 0 atom stereocenters. The second-order valence-electron chi connectivity index (χ2n) is 5.84. The first-order chi connectivity index (χ1) is 11.7. The Morgan fingerprint density at radius 2 is 1.96 bits per heavy atom. The molecule has 0 aliphatic rings. The van der Waals surface area contributed by atoms with Gasteiger partial charge in [0.05, 0.1) is 17.4 Å². The fraction of sp³-hybridized carbons (Fsp3) is 0.150. The van der Waals surface area contributed by atoms with Crippen molar-refractivity contribution in [3.8, 4) is 22.4 Å². The number of hydrogen-bond donors (Lipinski definition) is 0. The minimum absolute atomic E-state index is 0.856. The van der Waals surface area contributed by atoms with Crippen molar-refractivity contribution in [1.82, 2.24) is 19.7 Å². The van der Waals surface area contributed by atoms with Gasteiger partial charge in [-0.3, -0.25) is 14.6 Å². The molecule has 0 saturated heterocycles. The van der Waals surface area contributed by atoms with Gasteiger partial charge in [-0.05, 0) is 32.0 Å². The van der Waals surface area contributed by atoms with E-state index in [-0.39, 0.29) is 0 Å². The van der Waals surface area contributed by atoms with Gasteiger partial charge in [-0.1, -0.05) is 24.3 Å². The molecular weight excluding hydrogens is 296 g/mol. The summed E-state index contributed by atoms with van der Waals surface area (Å²) in [5.41, 5.74) is 6.20. The second-order valence-corrected chi connectivity index (χ2v) is 5.84. The molecule has 0 bridgehead atoms. The highest BCUT2D eigenvalue weighted by atomic mass is 15.3. The molecule has 24 heavy (non-hydrogen) atoms. The molecule has 0 saturated carbocycles. The normalized spacial score (nSPS) is 11.1. The number of rotatable bonds is 3. The zero-order valence-corrected chi connectivity index (χ0v) is 13.8. The molecule has 1 aromatic carbocycles. The Morgan fingerprint density at radius 1 is 1.04 bits per heavy atom. The van der Waals surface area contributed by atoms with Gasteiger partial charge in [0.1, 0.15) is 0 Å². The van der Waals surface area contributed by atoms with Gasteiger partial charge in [0.2, 0.25) is 0 Å². The van der Waals surface area contributed by atoms with E-state index in [1.165, 1.54) is 0 Å². The maximum Gasteiger partial charge on any atom is 0.0785 e. The number of pyridine rings is 2. The Hall–Kier alpha value is -3.01. The molecule has 0 aliphatic carbocycles. The maximum atomic E-state index is 4.80. The van der Waals surface area contributed by atoms with Crippen LogP contribution in [-0.4, -0.2) is 19.7 Å². The standard InChI is InChI=1S/C20H18N4/c1-3-24-13-17(12-22-24)18-9-6-14(2)23-20(18)16-8-7-15-5-4-10-21-19(15)11-16/h4-13H,3H2,1-2H3. The van der Waals surface area contributed by atoms with E-state index in [1.54, 1.807) is 0 Å². The highest BCUT2D eigenvalue weighted by Crippen LogP contribution is 2.32. The lowest BCUT2D eigenvalue weighted by Gasteiger charge is -2.09. The van der Waals surface area contributed by atoms with Crippen molar-refractivity contribution in [1.29, 1.82) is 0 Å². The molecule has 3 aromatic heterocycles. The van der Waals surface area contributed by atoms with Crippen LogP contribution in [0.15, 0.2) is 61.1 Å². The van der Waals surface area contributed by atoms with Crippen LogP contribution >= 0.6 is 0 Å². The zero-order chi connectivity index (χ0) is 16.5. The number of nitrogens with zero attached hydrogens (tertiary/aromatic N) is 4. The van der Waals surface area contributed by atoms with Gasteiger partial charge >= 0.3 is 0 Å². The number of fused-ring (bicyclic) bond motifs is 1. The minimum Gasteiger partial charge on any atom is -0.272 e. The van der Waals surface area contributed by atoms with E-state index in [0.717, 1.165) is 45.5 Å². The average molecular weight is 314 g/mol. The molecule has 0 fully saturated rings. The summed E-state index contributed by atoms with van der Waals surface area (Å²) in [6.07, 6.45) is 5.79. The van der Waals surface area contributed by atoms with Crippen molar-refractivity contribution >= 4 is 10.9 Å². The van der Waals surface area contributed by atoms with Crippen molar-refractivity contribution in [2.24, 2.45) is 0 Å². The number of benzene rings is 1. The maximum absolute atomic E-state index is 4.80. The van der Waals surface area contributed by atoms with Crippen LogP contribution < -0.4 is 0 Å². The molecule has 4 rings (SSSR count). The lowest BCUT2D eigenvalue weighted by molar-refractivity contribution is 0.660. The Morgan fingerprint density at radius 3 is 2.79 bits per heavy atom. The summed E-state index contributed by atoms with van der Waals surface area (Å²) < 4.78 is 1.93. The third-order valence-corrected chi connectivity index (χ3v) is 4.18. The van der Waals surface area contributed by atoms with E-state index in [0.29, 0.717) is 0 Å². The topological polar surface area (TPSA) is 43.6 Å². The Balaban J connectivity index is 1.90. The van der Waals surface area contributed by atoms with E-state index < -0.39 is 0 Å². The van der Waals surface area contributed by atoms with E-state index >= 15 is 0 Å². The molecule has 4 nitrogen and oxygen atoms in total. The molecule has 4 aromatic rings. The molecule has 118 valence electrons. The third-order valence-electron chi connectivity index (χ3n) is 4.18. The molecule has 0 N–H and O–H groups in total. The smallest absolute Gasteiger partial charge is 0.0785 e. The lowest BCUT2D eigenvalue weighted by Crippen LogP contribution is -1.93. The summed E-state index contributed by atoms with van der Waals surface area (Å²) >= 11 is 0. The highest BCUT2D eigenvalue weighted by molar-refractivity contribution is 5.87. The second kappa shape index (κ2) is 5.89. The van der Waals surface area contributed by atoms with Gasteiger partial charge in [-0.25, -0.2) is 0 Å². The monoisotopic (exact) mass is 314 g/mol. The lowest BCUT2D eigenvalue weighted by atomic mass is 10.00. The van der Waals surface area contributed by atoms with Gasteiger partial charge in [0, 0.05) is 46.7 Å². The third kappa shape index (κ3) is 2.56. The zero-order valence-electron chi connectivity index (χ0n) is 13.8. The molecule has 0 unspecified atom stereocenters. The quantitative estimate of drug-likeness (QED) is 0.559. The van der Waals surface area contributed by atoms with E-state index in [1.807, 2.05) is 36.1 Å². The van der Waals surface area contributed by atoms with Crippen LogP contribution in [0.2, 0.25) is 0 Å². The Labute approximate surface area is 140 Å². The molecule has 0 amide bonds. The number of aromatic nitrogens is 4. The fourth-order valence-corrected chi connectivity index (χ4v) is 2.90. The van der Waals surface area contributed by atoms with Crippen molar-refractivity contribution < 1.29 is 0 Å². The summed E-state index contributed by atoms with van der Waals surface area (Å²) in [5, 5.41) is 5.53. The number of aryl methyl sites for hydroxylation is 2.